The monoisotopic (exact) mass is 522 g/mol. The fourth-order valence-electron chi connectivity index (χ4n) is 5.30. The molecular weight excluding hydrogens is 484 g/mol. The van der Waals surface area contributed by atoms with Crippen LogP contribution in [0.5, 0.6) is 0 Å². The Kier molecular flexibility index (Phi) is 9.14. The largest absolute Gasteiger partial charge is 0.480 e. The van der Waals surface area contributed by atoms with Crippen LogP contribution in [0.2, 0.25) is 0 Å². The molecule has 12 nitrogen and oxygen atoms in total. The lowest BCUT2D eigenvalue weighted by Crippen LogP contribution is -2.57. The first-order valence-corrected chi connectivity index (χ1v) is 13.0. The molecule has 3 aliphatic rings. The molecule has 0 aromatic heterocycles. The van der Waals surface area contributed by atoms with E-state index in [0.29, 0.717) is 64.4 Å². The molecule has 3 aliphatic heterocycles. The Morgan fingerprint density at radius 2 is 1.49 bits per heavy atom. The van der Waals surface area contributed by atoms with Crippen molar-refractivity contribution >= 4 is 36.1 Å². The number of likely N-dealkylation sites (tertiary alicyclic amines) is 3. The zero-order chi connectivity index (χ0) is 27.3. The molecule has 0 radical (unpaired) electrons. The summed E-state index contributed by atoms with van der Waals surface area (Å²) >= 11 is 0. The smallest absolute Gasteiger partial charge is 0.410 e. The van der Waals surface area contributed by atoms with Crippen LogP contribution in [-0.4, -0.2) is 105 Å². The molecule has 0 bridgehead atoms. The van der Waals surface area contributed by atoms with Crippen molar-refractivity contribution in [1.82, 2.24) is 20.0 Å². The van der Waals surface area contributed by atoms with Gasteiger partial charge in [-0.1, -0.05) is 0 Å². The lowest BCUT2D eigenvalue weighted by Gasteiger charge is -2.33. The average molecular weight is 523 g/mol. The summed E-state index contributed by atoms with van der Waals surface area (Å²) in [6, 6.07) is -3.58. The molecular formula is C25H38N4O8. The summed E-state index contributed by atoms with van der Waals surface area (Å²) in [5, 5.41) is 12.2. The van der Waals surface area contributed by atoms with Gasteiger partial charge in [0, 0.05) is 26.1 Å². The van der Waals surface area contributed by atoms with Crippen molar-refractivity contribution in [3.63, 3.8) is 0 Å². The van der Waals surface area contributed by atoms with Gasteiger partial charge in [0.25, 0.3) is 0 Å². The standard InChI is InChI=1S/C25H38N4O8/c1-25(2,3)37-24(36)29-14-4-9-17(29)20(31)26-16(8-7-15-30)21(32)27-12-5-10-18(27)22(33)28-13-6-11-19(28)23(34)35/h15-19H,4-14H2,1-3H3,(H,26,31)(H,34,35). The van der Waals surface area contributed by atoms with E-state index in [9.17, 15) is 33.9 Å². The van der Waals surface area contributed by atoms with Gasteiger partial charge in [-0.05, 0) is 65.7 Å². The summed E-state index contributed by atoms with van der Waals surface area (Å²) < 4.78 is 5.42. The first kappa shape index (κ1) is 28.4. The Morgan fingerprint density at radius 3 is 2.08 bits per heavy atom. The molecule has 3 heterocycles. The second-order valence-corrected chi connectivity index (χ2v) is 10.9. The Balaban J connectivity index is 1.72. The predicted octanol–water partition coefficient (Wildman–Crippen LogP) is 0.916. The van der Waals surface area contributed by atoms with Crippen molar-refractivity contribution in [3.8, 4) is 0 Å². The molecule has 4 unspecified atom stereocenters. The minimum atomic E-state index is -1.07. The normalized spacial score (nSPS) is 24.6. The van der Waals surface area contributed by atoms with E-state index >= 15 is 0 Å². The summed E-state index contributed by atoms with van der Waals surface area (Å²) in [6.07, 6.45) is 3.06. The van der Waals surface area contributed by atoms with E-state index in [1.165, 1.54) is 14.7 Å². The van der Waals surface area contributed by atoms with Gasteiger partial charge in [-0.25, -0.2) is 9.59 Å². The molecule has 37 heavy (non-hydrogen) atoms. The minimum Gasteiger partial charge on any atom is -0.480 e. The maximum atomic E-state index is 13.6. The molecule has 206 valence electrons. The van der Waals surface area contributed by atoms with Crippen molar-refractivity contribution in [1.29, 1.82) is 0 Å². The van der Waals surface area contributed by atoms with Crippen LogP contribution in [0.3, 0.4) is 0 Å². The Labute approximate surface area is 216 Å². The molecule has 0 aromatic carbocycles. The van der Waals surface area contributed by atoms with Crippen LogP contribution in [0.1, 0.15) is 72.1 Å². The zero-order valence-electron chi connectivity index (χ0n) is 21.8. The molecule has 3 saturated heterocycles. The maximum absolute atomic E-state index is 13.6. The number of nitrogens with zero attached hydrogens (tertiary/aromatic N) is 3. The van der Waals surface area contributed by atoms with Crippen molar-refractivity contribution in [2.75, 3.05) is 19.6 Å². The van der Waals surface area contributed by atoms with Crippen LogP contribution in [-0.2, 0) is 28.7 Å². The molecule has 12 heteroatoms. The number of nitrogens with one attached hydrogen (secondary N) is 1. The van der Waals surface area contributed by atoms with E-state index in [-0.39, 0.29) is 12.8 Å². The van der Waals surface area contributed by atoms with Gasteiger partial charge < -0.3 is 29.8 Å². The highest BCUT2D eigenvalue weighted by molar-refractivity contribution is 5.95. The van der Waals surface area contributed by atoms with Crippen LogP contribution >= 0.6 is 0 Å². The molecule has 0 aromatic rings. The fraction of sp³-hybridized carbons (Fsp3) is 0.760. The van der Waals surface area contributed by atoms with Gasteiger partial charge in [-0.3, -0.25) is 19.3 Å². The minimum absolute atomic E-state index is 0.0246. The number of hydrogen-bond acceptors (Lipinski definition) is 7. The van der Waals surface area contributed by atoms with Crippen LogP contribution in [0.15, 0.2) is 0 Å². The van der Waals surface area contributed by atoms with Gasteiger partial charge in [0.2, 0.25) is 17.7 Å². The van der Waals surface area contributed by atoms with E-state index in [0.717, 1.165) is 0 Å². The first-order valence-electron chi connectivity index (χ1n) is 13.0. The van der Waals surface area contributed by atoms with E-state index < -0.39 is 59.6 Å². The third-order valence-electron chi connectivity index (χ3n) is 7.01. The van der Waals surface area contributed by atoms with E-state index in [1.54, 1.807) is 20.8 Å². The fourth-order valence-corrected chi connectivity index (χ4v) is 5.30. The van der Waals surface area contributed by atoms with Crippen LogP contribution < -0.4 is 5.32 Å². The number of carboxylic acid groups (broad SMARTS) is 1. The molecule has 4 atom stereocenters. The number of aldehydes is 1. The summed E-state index contributed by atoms with van der Waals surface area (Å²) in [4.78, 5) is 79.4. The highest BCUT2D eigenvalue weighted by Gasteiger charge is 2.44. The number of aliphatic carboxylic acids is 1. The van der Waals surface area contributed by atoms with Crippen molar-refractivity contribution in [2.45, 2.75) is 102 Å². The highest BCUT2D eigenvalue weighted by Crippen LogP contribution is 2.26. The van der Waals surface area contributed by atoms with Crippen molar-refractivity contribution in [2.24, 2.45) is 0 Å². The third-order valence-corrected chi connectivity index (χ3v) is 7.01. The van der Waals surface area contributed by atoms with Gasteiger partial charge in [0.1, 0.15) is 36.1 Å². The molecule has 3 fully saturated rings. The zero-order valence-corrected chi connectivity index (χ0v) is 21.8. The molecule has 0 aliphatic carbocycles. The summed E-state index contributed by atoms with van der Waals surface area (Å²) in [5.74, 6) is -2.47. The van der Waals surface area contributed by atoms with Gasteiger partial charge in [-0.15, -0.1) is 0 Å². The summed E-state index contributed by atoms with van der Waals surface area (Å²) in [6.45, 7) is 6.17. The molecule has 4 amide bonds. The van der Waals surface area contributed by atoms with E-state index in [1.807, 2.05) is 0 Å². The lowest BCUT2D eigenvalue weighted by atomic mass is 10.1. The number of carbonyl (C=O) groups is 6. The van der Waals surface area contributed by atoms with Crippen LogP contribution in [0.25, 0.3) is 0 Å². The number of hydrogen-bond donors (Lipinski definition) is 2. The number of rotatable bonds is 8. The number of amides is 4. The molecule has 0 spiro atoms. The topological polar surface area (TPSA) is 154 Å². The van der Waals surface area contributed by atoms with Gasteiger partial charge >= 0.3 is 12.1 Å². The van der Waals surface area contributed by atoms with Crippen molar-refractivity contribution in [3.05, 3.63) is 0 Å². The maximum Gasteiger partial charge on any atom is 0.410 e. The Morgan fingerprint density at radius 1 is 0.919 bits per heavy atom. The van der Waals surface area contributed by atoms with Crippen molar-refractivity contribution < 1.29 is 38.6 Å². The third kappa shape index (κ3) is 6.78. The summed E-state index contributed by atoms with van der Waals surface area (Å²) in [5.41, 5.74) is -0.727. The lowest BCUT2D eigenvalue weighted by molar-refractivity contribution is -0.152. The number of carbonyl (C=O) groups excluding carboxylic acids is 5. The second-order valence-electron chi connectivity index (χ2n) is 10.9. The quantitative estimate of drug-likeness (QED) is 0.446. The number of carboxylic acids is 1. The SMILES string of the molecule is CC(C)(C)OC(=O)N1CCCC1C(=O)NC(CCC=O)C(=O)N1CCCC1C(=O)N1CCCC1C(=O)O. The van der Waals surface area contributed by atoms with Gasteiger partial charge in [0.15, 0.2) is 0 Å². The summed E-state index contributed by atoms with van der Waals surface area (Å²) in [7, 11) is 0. The molecule has 3 rings (SSSR count). The van der Waals surface area contributed by atoms with Gasteiger partial charge in [0.05, 0.1) is 0 Å². The first-order chi connectivity index (χ1) is 17.4. The number of ether oxygens (including phenoxy) is 1. The Hall–Kier alpha value is -3.18. The van der Waals surface area contributed by atoms with Crippen LogP contribution in [0.4, 0.5) is 4.79 Å². The van der Waals surface area contributed by atoms with Crippen LogP contribution in [0, 0.1) is 0 Å². The molecule has 2 N–H and O–H groups in total. The Bertz CT molecular complexity index is 917. The van der Waals surface area contributed by atoms with E-state index in [2.05, 4.69) is 5.32 Å². The van der Waals surface area contributed by atoms with Gasteiger partial charge in [-0.2, -0.15) is 0 Å². The second kappa shape index (κ2) is 11.9. The molecule has 0 saturated carbocycles. The van der Waals surface area contributed by atoms with E-state index in [4.69, 9.17) is 4.74 Å². The predicted molar refractivity (Wildman–Crippen MR) is 130 cm³/mol. The average Bonchev–Trinajstić information content (AvgIpc) is 3.59. The highest BCUT2D eigenvalue weighted by atomic mass is 16.6.